The number of anilines is 1. The summed E-state index contributed by atoms with van der Waals surface area (Å²) in [6, 6.07) is 13.0. The predicted octanol–water partition coefficient (Wildman–Crippen LogP) is 2.21. The number of benzene rings is 2. The number of hydrogen-bond acceptors (Lipinski definition) is 5. The Labute approximate surface area is 178 Å². The van der Waals surface area contributed by atoms with Crippen LogP contribution in [0.4, 0.5) is 5.69 Å². The average molecular weight is 454 g/mol. The lowest BCUT2D eigenvalue weighted by atomic mass is 10.1. The predicted molar refractivity (Wildman–Crippen MR) is 118 cm³/mol. The van der Waals surface area contributed by atoms with Gasteiger partial charge in [0.2, 0.25) is 20.0 Å². The van der Waals surface area contributed by atoms with Gasteiger partial charge >= 0.3 is 0 Å². The minimum atomic E-state index is -3.42. The summed E-state index contributed by atoms with van der Waals surface area (Å²) in [4.78, 5) is 12.4. The van der Waals surface area contributed by atoms with Crippen molar-refractivity contribution < 1.29 is 21.6 Å². The van der Waals surface area contributed by atoms with Crippen LogP contribution >= 0.6 is 0 Å². The summed E-state index contributed by atoms with van der Waals surface area (Å²) in [6.07, 6.45) is 0. The van der Waals surface area contributed by atoms with Crippen molar-refractivity contribution >= 4 is 31.6 Å². The summed E-state index contributed by atoms with van der Waals surface area (Å²) in [5.41, 5.74) is 2.11. The van der Waals surface area contributed by atoms with Crippen LogP contribution in [0.1, 0.15) is 42.3 Å². The Morgan fingerprint density at radius 1 is 0.933 bits per heavy atom. The first-order valence-electron chi connectivity index (χ1n) is 9.46. The molecule has 2 aromatic rings. The Hall–Kier alpha value is -2.43. The Morgan fingerprint density at radius 2 is 1.57 bits per heavy atom. The topological polar surface area (TPSA) is 121 Å². The van der Waals surface area contributed by atoms with Crippen LogP contribution in [0.5, 0.6) is 0 Å². The molecule has 0 aliphatic heterocycles. The second kappa shape index (κ2) is 10.1. The van der Waals surface area contributed by atoms with E-state index in [2.05, 4.69) is 14.8 Å². The number of carbonyl (C=O) groups is 1. The van der Waals surface area contributed by atoms with Gasteiger partial charge in [-0.05, 0) is 50.1 Å². The van der Waals surface area contributed by atoms with Gasteiger partial charge in [-0.1, -0.05) is 30.3 Å². The molecule has 30 heavy (non-hydrogen) atoms. The van der Waals surface area contributed by atoms with E-state index in [-0.39, 0.29) is 30.0 Å². The van der Waals surface area contributed by atoms with E-state index in [9.17, 15) is 21.6 Å². The average Bonchev–Trinajstić information content (AvgIpc) is 2.65. The van der Waals surface area contributed by atoms with Crippen LogP contribution in [0.3, 0.4) is 0 Å². The minimum Gasteiger partial charge on any atom is -0.348 e. The van der Waals surface area contributed by atoms with E-state index in [1.165, 1.54) is 13.0 Å². The highest BCUT2D eigenvalue weighted by atomic mass is 32.2. The van der Waals surface area contributed by atoms with Crippen molar-refractivity contribution in [2.45, 2.75) is 39.1 Å². The normalized spacial score (nSPS) is 12.0. The fourth-order valence-electron chi connectivity index (χ4n) is 2.63. The van der Waals surface area contributed by atoms with Crippen LogP contribution in [-0.2, 0) is 32.3 Å². The molecule has 164 valence electrons. The minimum absolute atomic E-state index is 0.0613. The van der Waals surface area contributed by atoms with Gasteiger partial charge in [0.25, 0.3) is 5.91 Å². The lowest BCUT2D eigenvalue weighted by Crippen LogP contribution is -2.31. The lowest BCUT2D eigenvalue weighted by Gasteiger charge is -2.11. The molecule has 3 N–H and O–H groups in total. The van der Waals surface area contributed by atoms with Crippen molar-refractivity contribution in [3.8, 4) is 0 Å². The molecule has 0 aliphatic rings. The van der Waals surface area contributed by atoms with Crippen molar-refractivity contribution in [2.24, 2.45) is 0 Å². The van der Waals surface area contributed by atoms with Crippen molar-refractivity contribution in [1.82, 2.24) is 10.0 Å². The van der Waals surface area contributed by atoms with Crippen molar-refractivity contribution in [1.29, 1.82) is 0 Å². The van der Waals surface area contributed by atoms with Crippen LogP contribution < -0.4 is 14.8 Å². The molecule has 0 spiro atoms. The molecule has 0 saturated heterocycles. The van der Waals surface area contributed by atoms with Crippen LogP contribution in [0.15, 0.2) is 48.5 Å². The largest absolute Gasteiger partial charge is 0.348 e. The summed E-state index contributed by atoms with van der Waals surface area (Å²) in [6.45, 7) is 5.30. The Kier molecular flexibility index (Phi) is 7.99. The van der Waals surface area contributed by atoms with E-state index in [0.29, 0.717) is 16.8 Å². The highest BCUT2D eigenvalue weighted by Gasteiger charge is 2.13. The van der Waals surface area contributed by atoms with Gasteiger partial charge in [-0.15, -0.1) is 0 Å². The first kappa shape index (κ1) is 23.8. The van der Waals surface area contributed by atoms with E-state index >= 15 is 0 Å². The van der Waals surface area contributed by atoms with E-state index < -0.39 is 20.0 Å². The van der Waals surface area contributed by atoms with Gasteiger partial charge in [-0.2, -0.15) is 0 Å². The SMILES string of the molecule is CCS(=O)(=O)Nc1cccc(C(=O)NCc2ccc(CS(=O)(=O)NC(C)C)cc2)c1. The summed E-state index contributed by atoms with van der Waals surface area (Å²) >= 11 is 0. The number of carbonyl (C=O) groups excluding carboxylic acids is 1. The first-order chi connectivity index (χ1) is 14.0. The molecular formula is C20H27N3O5S2. The zero-order valence-electron chi connectivity index (χ0n) is 17.2. The second-order valence-electron chi connectivity index (χ2n) is 7.12. The molecule has 0 heterocycles. The number of sulfonamides is 2. The standard InChI is InChI=1S/C20H27N3O5S2/c1-4-29(25,26)23-19-7-5-6-18(12-19)20(24)21-13-16-8-10-17(11-9-16)14-30(27,28)22-15(2)3/h5-12,15,22-23H,4,13-14H2,1-3H3,(H,21,24). The van der Waals surface area contributed by atoms with Crippen molar-refractivity contribution in [2.75, 3.05) is 10.5 Å². The van der Waals surface area contributed by atoms with Crippen LogP contribution in [-0.4, -0.2) is 34.5 Å². The quantitative estimate of drug-likeness (QED) is 0.509. The molecule has 2 rings (SSSR count). The Morgan fingerprint density at radius 3 is 2.17 bits per heavy atom. The molecule has 0 bridgehead atoms. The van der Waals surface area contributed by atoms with Gasteiger partial charge in [0.15, 0.2) is 0 Å². The van der Waals surface area contributed by atoms with Crippen LogP contribution in [0.2, 0.25) is 0 Å². The van der Waals surface area contributed by atoms with Gasteiger partial charge in [-0.3, -0.25) is 9.52 Å². The van der Waals surface area contributed by atoms with Gasteiger partial charge in [0.1, 0.15) is 0 Å². The molecule has 8 nitrogen and oxygen atoms in total. The van der Waals surface area contributed by atoms with Crippen molar-refractivity contribution in [3.63, 3.8) is 0 Å². The van der Waals surface area contributed by atoms with E-state index in [4.69, 9.17) is 0 Å². The molecule has 0 aliphatic carbocycles. The van der Waals surface area contributed by atoms with Gasteiger partial charge in [-0.25, -0.2) is 21.6 Å². The fourth-order valence-corrected chi connectivity index (χ4v) is 4.70. The number of nitrogens with one attached hydrogen (secondary N) is 3. The number of rotatable bonds is 10. The highest BCUT2D eigenvalue weighted by molar-refractivity contribution is 7.92. The lowest BCUT2D eigenvalue weighted by molar-refractivity contribution is 0.0951. The third kappa shape index (κ3) is 7.77. The highest BCUT2D eigenvalue weighted by Crippen LogP contribution is 2.13. The molecule has 2 aromatic carbocycles. The fraction of sp³-hybridized carbons (Fsp3) is 0.350. The van der Waals surface area contributed by atoms with Crippen LogP contribution in [0, 0.1) is 0 Å². The molecule has 1 amide bonds. The zero-order valence-corrected chi connectivity index (χ0v) is 18.8. The maximum absolute atomic E-state index is 12.4. The molecule has 0 radical (unpaired) electrons. The monoisotopic (exact) mass is 453 g/mol. The number of hydrogen-bond donors (Lipinski definition) is 3. The Balaban J connectivity index is 1.97. The van der Waals surface area contributed by atoms with Crippen molar-refractivity contribution in [3.05, 3.63) is 65.2 Å². The Bertz CT molecular complexity index is 1080. The molecule has 0 aromatic heterocycles. The molecule has 0 saturated carbocycles. The maximum atomic E-state index is 12.4. The van der Waals surface area contributed by atoms with Gasteiger partial charge < -0.3 is 5.32 Å². The molecular weight excluding hydrogens is 426 g/mol. The van der Waals surface area contributed by atoms with E-state index in [0.717, 1.165) is 5.56 Å². The summed E-state index contributed by atoms with van der Waals surface area (Å²) in [5, 5.41) is 2.77. The van der Waals surface area contributed by atoms with Crippen LogP contribution in [0.25, 0.3) is 0 Å². The third-order valence-corrected chi connectivity index (χ3v) is 6.88. The summed E-state index contributed by atoms with van der Waals surface area (Å²) in [5.74, 6) is -0.521. The van der Waals surface area contributed by atoms with E-state index in [1.807, 2.05) is 0 Å². The van der Waals surface area contributed by atoms with Gasteiger partial charge in [0, 0.05) is 23.8 Å². The summed E-state index contributed by atoms with van der Waals surface area (Å²) in [7, 11) is -6.82. The molecule has 0 fully saturated rings. The maximum Gasteiger partial charge on any atom is 0.251 e. The molecule has 0 unspecified atom stereocenters. The third-order valence-electron chi connectivity index (χ3n) is 4.03. The number of amides is 1. The second-order valence-corrected chi connectivity index (χ2v) is 10.9. The zero-order chi connectivity index (χ0) is 22.4. The summed E-state index contributed by atoms with van der Waals surface area (Å²) < 4.78 is 52.3. The van der Waals surface area contributed by atoms with E-state index in [1.54, 1.807) is 56.3 Å². The first-order valence-corrected chi connectivity index (χ1v) is 12.8. The smallest absolute Gasteiger partial charge is 0.251 e. The molecule has 0 atom stereocenters. The van der Waals surface area contributed by atoms with Gasteiger partial charge in [0.05, 0.1) is 11.5 Å². The molecule has 10 heteroatoms.